The van der Waals surface area contributed by atoms with Gasteiger partial charge in [0.15, 0.2) is 6.61 Å². The van der Waals surface area contributed by atoms with Gasteiger partial charge in [-0.05, 0) is 26.8 Å². The van der Waals surface area contributed by atoms with Crippen molar-refractivity contribution >= 4 is 17.5 Å². The van der Waals surface area contributed by atoms with Gasteiger partial charge in [-0.1, -0.05) is 23.7 Å². The number of rotatable bonds is 5. The number of para-hydroxylation sites is 1. The summed E-state index contributed by atoms with van der Waals surface area (Å²) in [4.78, 5) is 10.8. The minimum absolute atomic E-state index is 0.0106. The number of primary amides is 1. The average Bonchev–Trinajstić information content (AvgIpc) is 2.23. The van der Waals surface area contributed by atoms with E-state index in [4.69, 9.17) is 22.1 Å². The van der Waals surface area contributed by atoms with E-state index in [9.17, 15) is 4.79 Å². The van der Waals surface area contributed by atoms with Crippen molar-refractivity contribution in [3.63, 3.8) is 0 Å². The molecule has 0 heterocycles. The number of carbonyl (C=O) groups is 1. The van der Waals surface area contributed by atoms with Crippen LogP contribution in [0.15, 0.2) is 18.2 Å². The first kappa shape index (κ1) is 14.8. The van der Waals surface area contributed by atoms with Gasteiger partial charge in [-0.2, -0.15) is 0 Å². The van der Waals surface area contributed by atoms with Gasteiger partial charge in [0.25, 0.3) is 5.91 Å². The quantitative estimate of drug-likeness (QED) is 0.861. The van der Waals surface area contributed by atoms with Gasteiger partial charge in [0.1, 0.15) is 5.75 Å². The third kappa shape index (κ3) is 4.94. The van der Waals surface area contributed by atoms with Gasteiger partial charge in [-0.3, -0.25) is 4.79 Å². The lowest BCUT2D eigenvalue weighted by molar-refractivity contribution is -0.119. The third-order valence-corrected chi connectivity index (χ3v) is 2.51. The second-order valence-electron chi connectivity index (χ2n) is 5.09. The highest BCUT2D eigenvalue weighted by atomic mass is 35.5. The number of nitrogens with one attached hydrogen (secondary N) is 1. The highest BCUT2D eigenvalue weighted by Gasteiger charge is 2.13. The predicted octanol–water partition coefficient (Wildman–Crippen LogP) is 2.09. The molecule has 1 rings (SSSR count). The molecule has 0 bridgehead atoms. The maximum Gasteiger partial charge on any atom is 0.255 e. The van der Waals surface area contributed by atoms with E-state index in [2.05, 4.69) is 26.1 Å². The third-order valence-electron chi connectivity index (χ3n) is 2.22. The molecule has 1 aromatic carbocycles. The topological polar surface area (TPSA) is 64.3 Å². The van der Waals surface area contributed by atoms with Crippen molar-refractivity contribution in [1.29, 1.82) is 0 Å². The number of benzene rings is 1. The average molecular weight is 271 g/mol. The van der Waals surface area contributed by atoms with Crippen LogP contribution >= 0.6 is 11.6 Å². The van der Waals surface area contributed by atoms with E-state index in [0.717, 1.165) is 5.56 Å². The van der Waals surface area contributed by atoms with E-state index in [-0.39, 0.29) is 12.1 Å². The number of halogens is 1. The summed E-state index contributed by atoms with van der Waals surface area (Å²) >= 11 is 6.06. The normalized spacial score (nSPS) is 11.3. The Balaban J connectivity index is 2.83. The summed E-state index contributed by atoms with van der Waals surface area (Å²) in [5, 5.41) is 3.81. The molecule has 0 aliphatic carbocycles. The SMILES string of the molecule is CC(C)(C)NCc1cccc(Cl)c1OCC(N)=O. The summed E-state index contributed by atoms with van der Waals surface area (Å²) in [7, 11) is 0. The Bertz CT molecular complexity index is 427. The van der Waals surface area contributed by atoms with Gasteiger partial charge in [-0.25, -0.2) is 0 Å². The molecule has 5 heteroatoms. The van der Waals surface area contributed by atoms with E-state index < -0.39 is 5.91 Å². The van der Waals surface area contributed by atoms with E-state index in [1.165, 1.54) is 0 Å². The molecule has 0 spiro atoms. The van der Waals surface area contributed by atoms with Crippen LogP contribution in [-0.4, -0.2) is 18.1 Å². The van der Waals surface area contributed by atoms with Crippen LogP contribution in [0.25, 0.3) is 0 Å². The smallest absolute Gasteiger partial charge is 0.255 e. The Hall–Kier alpha value is -1.26. The highest BCUT2D eigenvalue weighted by molar-refractivity contribution is 6.32. The van der Waals surface area contributed by atoms with Crippen LogP contribution in [0.5, 0.6) is 5.75 Å². The summed E-state index contributed by atoms with van der Waals surface area (Å²) in [6.07, 6.45) is 0. The summed E-state index contributed by atoms with van der Waals surface area (Å²) < 4.78 is 5.35. The van der Waals surface area contributed by atoms with Gasteiger partial charge < -0.3 is 15.8 Å². The molecule has 4 nitrogen and oxygen atoms in total. The minimum Gasteiger partial charge on any atom is -0.482 e. The van der Waals surface area contributed by atoms with Crippen LogP contribution in [-0.2, 0) is 11.3 Å². The zero-order valence-corrected chi connectivity index (χ0v) is 11.7. The summed E-state index contributed by atoms with van der Waals surface area (Å²) in [6.45, 7) is 6.65. The highest BCUT2D eigenvalue weighted by Crippen LogP contribution is 2.28. The molecule has 0 aliphatic rings. The predicted molar refractivity (Wildman–Crippen MR) is 72.7 cm³/mol. The molecule has 0 aliphatic heterocycles. The molecule has 18 heavy (non-hydrogen) atoms. The van der Waals surface area contributed by atoms with Crippen LogP contribution < -0.4 is 15.8 Å². The Labute approximate surface area is 112 Å². The van der Waals surface area contributed by atoms with Crippen LogP contribution in [0.2, 0.25) is 5.02 Å². The molecule has 3 N–H and O–H groups in total. The van der Waals surface area contributed by atoms with E-state index >= 15 is 0 Å². The second kappa shape index (κ2) is 6.07. The fourth-order valence-corrected chi connectivity index (χ4v) is 1.61. The molecule has 0 aromatic heterocycles. The second-order valence-corrected chi connectivity index (χ2v) is 5.49. The van der Waals surface area contributed by atoms with Gasteiger partial charge >= 0.3 is 0 Å². The first-order valence-electron chi connectivity index (χ1n) is 5.73. The molecule has 0 saturated carbocycles. The number of amides is 1. The van der Waals surface area contributed by atoms with Crippen molar-refractivity contribution < 1.29 is 9.53 Å². The van der Waals surface area contributed by atoms with Crippen molar-refractivity contribution in [2.24, 2.45) is 5.73 Å². The number of nitrogens with two attached hydrogens (primary N) is 1. The molecule has 0 saturated heterocycles. The number of carbonyl (C=O) groups excluding carboxylic acids is 1. The molecule has 100 valence electrons. The summed E-state index contributed by atoms with van der Waals surface area (Å²) in [5.41, 5.74) is 5.95. The molecular weight excluding hydrogens is 252 g/mol. The van der Waals surface area contributed by atoms with Crippen molar-refractivity contribution in [2.75, 3.05) is 6.61 Å². The molecule has 0 radical (unpaired) electrons. The molecule has 0 unspecified atom stereocenters. The van der Waals surface area contributed by atoms with Crippen molar-refractivity contribution in [3.05, 3.63) is 28.8 Å². The fourth-order valence-electron chi connectivity index (χ4n) is 1.36. The fraction of sp³-hybridized carbons (Fsp3) is 0.462. The van der Waals surface area contributed by atoms with E-state index in [1.807, 2.05) is 12.1 Å². The van der Waals surface area contributed by atoms with Crippen LogP contribution in [0.4, 0.5) is 0 Å². The molecule has 0 atom stereocenters. The molecular formula is C13H19ClN2O2. The van der Waals surface area contributed by atoms with Crippen LogP contribution in [0, 0.1) is 0 Å². The Morgan fingerprint density at radius 2 is 2.11 bits per heavy atom. The van der Waals surface area contributed by atoms with Crippen LogP contribution in [0.3, 0.4) is 0 Å². The lowest BCUT2D eigenvalue weighted by Gasteiger charge is -2.22. The number of hydrogen-bond acceptors (Lipinski definition) is 3. The minimum atomic E-state index is -0.523. The zero-order valence-electron chi connectivity index (χ0n) is 10.9. The first-order valence-corrected chi connectivity index (χ1v) is 6.11. The molecule has 1 aromatic rings. The van der Waals surface area contributed by atoms with Gasteiger partial charge in [0.05, 0.1) is 5.02 Å². The van der Waals surface area contributed by atoms with Crippen LogP contribution in [0.1, 0.15) is 26.3 Å². The maximum atomic E-state index is 10.8. The van der Waals surface area contributed by atoms with Crippen molar-refractivity contribution in [3.8, 4) is 5.75 Å². The Kier molecular flexibility index (Phi) is 4.99. The van der Waals surface area contributed by atoms with Gasteiger partial charge in [0.2, 0.25) is 0 Å². The maximum absolute atomic E-state index is 10.8. The van der Waals surface area contributed by atoms with E-state index in [1.54, 1.807) is 6.07 Å². The zero-order chi connectivity index (χ0) is 13.8. The monoisotopic (exact) mass is 270 g/mol. The largest absolute Gasteiger partial charge is 0.482 e. The lowest BCUT2D eigenvalue weighted by atomic mass is 10.1. The molecule has 1 amide bonds. The summed E-state index contributed by atoms with van der Waals surface area (Å²) in [6, 6.07) is 5.47. The molecule has 0 fully saturated rings. The number of ether oxygens (including phenoxy) is 1. The Morgan fingerprint density at radius 1 is 1.44 bits per heavy atom. The van der Waals surface area contributed by atoms with Crippen molar-refractivity contribution in [1.82, 2.24) is 5.32 Å². The van der Waals surface area contributed by atoms with Crippen molar-refractivity contribution in [2.45, 2.75) is 32.9 Å². The standard InChI is InChI=1S/C13H19ClN2O2/c1-13(2,3)16-7-9-5-4-6-10(14)12(9)18-8-11(15)17/h4-6,16H,7-8H2,1-3H3,(H2,15,17). The first-order chi connectivity index (χ1) is 8.29. The summed E-state index contributed by atoms with van der Waals surface area (Å²) in [5.74, 6) is -0.0145. The number of hydrogen-bond donors (Lipinski definition) is 2. The van der Waals surface area contributed by atoms with Gasteiger partial charge in [0, 0.05) is 17.6 Å². The van der Waals surface area contributed by atoms with E-state index in [0.29, 0.717) is 17.3 Å². The van der Waals surface area contributed by atoms with Gasteiger partial charge in [-0.15, -0.1) is 0 Å². The lowest BCUT2D eigenvalue weighted by Crippen LogP contribution is -2.35. The Morgan fingerprint density at radius 3 is 2.67 bits per heavy atom.